The molecule has 3 fully saturated rings. The number of nitrogens with zero attached hydrogens (tertiary/aromatic N) is 4. The lowest BCUT2D eigenvalue weighted by molar-refractivity contribution is -0.114. The van der Waals surface area contributed by atoms with Gasteiger partial charge in [-0.2, -0.15) is 0 Å². The number of hydrogen-bond acceptors (Lipinski definition) is 5. The van der Waals surface area contributed by atoms with Gasteiger partial charge in [0.05, 0.1) is 0 Å². The van der Waals surface area contributed by atoms with E-state index < -0.39 is 0 Å². The molecule has 0 aromatic carbocycles. The predicted molar refractivity (Wildman–Crippen MR) is 77.7 cm³/mol. The minimum Gasteiger partial charge on any atom is -0.336 e. The van der Waals surface area contributed by atoms with E-state index >= 15 is 0 Å². The molecular weight excluding hydrogens is 252 g/mol. The standard InChI is InChI=1S/C15H20N4O/c1-2-14(20)9-12-10-16-15(17-11-12)19-8-7-18-5-3-13(19)4-6-18/h2,10-11,13H,1,3-9H2. The summed E-state index contributed by atoms with van der Waals surface area (Å²) < 4.78 is 0. The highest BCUT2D eigenvalue weighted by Crippen LogP contribution is 2.24. The molecule has 0 saturated carbocycles. The molecule has 0 unspecified atom stereocenters. The fraction of sp³-hybridized carbons (Fsp3) is 0.533. The van der Waals surface area contributed by atoms with Crippen molar-refractivity contribution in [1.82, 2.24) is 14.9 Å². The zero-order valence-electron chi connectivity index (χ0n) is 11.7. The van der Waals surface area contributed by atoms with Crippen LogP contribution in [0.4, 0.5) is 5.95 Å². The Morgan fingerprint density at radius 1 is 1.25 bits per heavy atom. The molecule has 3 saturated heterocycles. The third kappa shape index (κ3) is 2.72. The molecule has 4 rings (SSSR count). The fourth-order valence-electron chi connectivity index (χ4n) is 3.01. The van der Waals surface area contributed by atoms with Crippen LogP contribution in [0.3, 0.4) is 0 Å². The van der Waals surface area contributed by atoms with E-state index in [1.165, 1.54) is 32.0 Å². The highest BCUT2D eigenvalue weighted by atomic mass is 16.1. The normalized spacial score (nSPS) is 25.3. The third-order valence-electron chi connectivity index (χ3n) is 4.21. The third-order valence-corrected chi connectivity index (χ3v) is 4.21. The average molecular weight is 272 g/mol. The van der Waals surface area contributed by atoms with Gasteiger partial charge in [-0.3, -0.25) is 4.79 Å². The van der Waals surface area contributed by atoms with Crippen molar-refractivity contribution in [2.24, 2.45) is 0 Å². The summed E-state index contributed by atoms with van der Waals surface area (Å²) in [4.78, 5) is 25.1. The summed E-state index contributed by atoms with van der Waals surface area (Å²) in [6.45, 7) is 7.95. The van der Waals surface area contributed by atoms with Crippen LogP contribution in [0.1, 0.15) is 18.4 Å². The van der Waals surface area contributed by atoms with Crippen molar-refractivity contribution in [1.29, 1.82) is 0 Å². The van der Waals surface area contributed by atoms with Gasteiger partial charge in [-0.15, -0.1) is 0 Å². The van der Waals surface area contributed by atoms with Crippen LogP contribution in [-0.2, 0) is 11.2 Å². The van der Waals surface area contributed by atoms with Crippen LogP contribution in [0.15, 0.2) is 25.0 Å². The topological polar surface area (TPSA) is 49.3 Å². The zero-order valence-corrected chi connectivity index (χ0v) is 11.7. The summed E-state index contributed by atoms with van der Waals surface area (Å²) in [6, 6.07) is 0.564. The number of rotatable bonds is 4. The van der Waals surface area contributed by atoms with Crippen LogP contribution < -0.4 is 4.90 Å². The van der Waals surface area contributed by atoms with Crippen molar-refractivity contribution in [2.45, 2.75) is 25.3 Å². The minimum atomic E-state index is 0.00237. The van der Waals surface area contributed by atoms with Crippen LogP contribution in [0.2, 0.25) is 0 Å². The Bertz CT molecular complexity index is 491. The molecule has 3 aliphatic heterocycles. The molecule has 0 N–H and O–H groups in total. The number of ketones is 1. The number of piperidine rings is 1. The van der Waals surface area contributed by atoms with Crippen LogP contribution in [0.25, 0.3) is 0 Å². The summed E-state index contributed by atoms with van der Waals surface area (Å²) >= 11 is 0. The van der Waals surface area contributed by atoms with Crippen LogP contribution in [0.5, 0.6) is 0 Å². The second-order valence-corrected chi connectivity index (χ2v) is 5.50. The van der Waals surface area contributed by atoms with Crippen molar-refractivity contribution in [3.8, 4) is 0 Å². The number of anilines is 1. The quantitative estimate of drug-likeness (QED) is 0.767. The van der Waals surface area contributed by atoms with E-state index in [9.17, 15) is 4.79 Å². The molecule has 4 heterocycles. The number of carbonyl (C=O) groups excluding carboxylic acids is 1. The van der Waals surface area contributed by atoms with Gasteiger partial charge in [0, 0.05) is 51.0 Å². The van der Waals surface area contributed by atoms with Gasteiger partial charge < -0.3 is 9.80 Å². The molecule has 5 heteroatoms. The lowest BCUT2D eigenvalue weighted by atomic mass is 10.1. The molecule has 3 aliphatic rings. The summed E-state index contributed by atoms with van der Waals surface area (Å²) in [5, 5.41) is 0. The first-order valence-corrected chi connectivity index (χ1v) is 7.21. The lowest BCUT2D eigenvalue weighted by Crippen LogP contribution is -2.38. The SMILES string of the molecule is C=CC(=O)Cc1cnc(N2CCN3CCC2CC3)nc1. The van der Waals surface area contributed by atoms with Crippen LogP contribution >= 0.6 is 0 Å². The monoisotopic (exact) mass is 272 g/mol. The molecule has 0 spiro atoms. The van der Waals surface area contributed by atoms with E-state index in [-0.39, 0.29) is 5.78 Å². The zero-order chi connectivity index (χ0) is 13.9. The summed E-state index contributed by atoms with van der Waals surface area (Å²) in [6.07, 6.45) is 7.60. The first-order chi connectivity index (χ1) is 9.76. The van der Waals surface area contributed by atoms with Gasteiger partial charge in [-0.1, -0.05) is 6.58 Å². The van der Waals surface area contributed by atoms with E-state index in [1.807, 2.05) is 0 Å². The highest BCUT2D eigenvalue weighted by Gasteiger charge is 2.30. The lowest BCUT2D eigenvalue weighted by Gasteiger charge is -2.31. The van der Waals surface area contributed by atoms with Crippen molar-refractivity contribution in [2.75, 3.05) is 31.1 Å². The van der Waals surface area contributed by atoms with E-state index in [2.05, 4.69) is 26.3 Å². The van der Waals surface area contributed by atoms with Crippen LogP contribution in [-0.4, -0.2) is 52.9 Å². The Kier molecular flexibility index (Phi) is 3.78. The average Bonchev–Trinajstić information content (AvgIpc) is 2.82. The van der Waals surface area contributed by atoms with E-state index in [0.29, 0.717) is 12.5 Å². The summed E-state index contributed by atoms with van der Waals surface area (Å²) in [5.41, 5.74) is 0.849. The van der Waals surface area contributed by atoms with Crippen LogP contribution in [0, 0.1) is 0 Å². The Morgan fingerprint density at radius 3 is 2.60 bits per heavy atom. The minimum absolute atomic E-state index is 0.00237. The smallest absolute Gasteiger partial charge is 0.225 e. The van der Waals surface area contributed by atoms with E-state index in [4.69, 9.17) is 0 Å². The second-order valence-electron chi connectivity index (χ2n) is 5.50. The van der Waals surface area contributed by atoms with Crippen molar-refractivity contribution >= 4 is 11.7 Å². The van der Waals surface area contributed by atoms with E-state index in [0.717, 1.165) is 24.6 Å². The van der Waals surface area contributed by atoms with Gasteiger partial charge in [0.15, 0.2) is 5.78 Å². The maximum Gasteiger partial charge on any atom is 0.225 e. The Balaban J connectivity index is 1.73. The summed E-state index contributed by atoms with van der Waals surface area (Å²) in [7, 11) is 0. The molecule has 0 aliphatic carbocycles. The number of fused-ring (bicyclic) bond motifs is 4. The number of hydrogen-bond donors (Lipinski definition) is 0. The van der Waals surface area contributed by atoms with Gasteiger partial charge in [0.25, 0.3) is 0 Å². The van der Waals surface area contributed by atoms with Crippen molar-refractivity contribution in [3.63, 3.8) is 0 Å². The number of carbonyl (C=O) groups is 1. The van der Waals surface area contributed by atoms with Crippen molar-refractivity contribution < 1.29 is 4.79 Å². The second kappa shape index (κ2) is 5.71. The molecule has 106 valence electrons. The van der Waals surface area contributed by atoms with Gasteiger partial charge in [0.2, 0.25) is 5.95 Å². The molecule has 0 atom stereocenters. The van der Waals surface area contributed by atoms with Gasteiger partial charge in [-0.05, 0) is 24.5 Å². The summed E-state index contributed by atoms with van der Waals surface area (Å²) in [5.74, 6) is 0.802. The molecule has 1 aromatic heterocycles. The number of allylic oxidation sites excluding steroid dienone is 1. The highest BCUT2D eigenvalue weighted by molar-refractivity contribution is 5.90. The maximum atomic E-state index is 11.3. The Morgan fingerprint density at radius 2 is 1.95 bits per heavy atom. The molecule has 5 nitrogen and oxygen atoms in total. The molecule has 20 heavy (non-hydrogen) atoms. The number of aromatic nitrogens is 2. The van der Waals surface area contributed by atoms with E-state index in [1.54, 1.807) is 12.4 Å². The maximum absolute atomic E-state index is 11.3. The Hall–Kier alpha value is -1.75. The molecule has 0 radical (unpaired) electrons. The molecule has 0 amide bonds. The van der Waals surface area contributed by atoms with Crippen molar-refractivity contribution in [3.05, 3.63) is 30.6 Å². The van der Waals surface area contributed by atoms with Gasteiger partial charge >= 0.3 is 0 Å². The Labute approximate surface area is 119 Å². The molecular formula is C15H20N4O. The fourth-order valence-corrected chi connectivity index (χ4v) is 3.01. The predicted octanol–water partition coefficient (Wildman–Crippen LogP) is 1.06. The largest absolute Gasteiger partial charge is 0.336 e. The van der Waals surface area contributed by atoms with Gasteiger partial charge in [0.1, 0.15) is 0 Å². The van der Waals surface area contributed by atoms with Gasteiger partial charge in [-0.25, -0.2) is 9.97 Å². The first kappa shape index (κ1) is 13.2. The molecule has 2 bridgehead atoms. The molecule has 1 aromatic rings. The first-order valence-electron chi connectivity index (χ1n) is 7.21.